The van der Waals surface area contributed by atoms with Crippen LogP contribution in [0.2, 0.25) is 0 Å². The molecule has 0 saturated carbocycles. The molecule has 1 N–H and O–H groups in total. The van der Waals surface area contributed by atoms with Crippen molar-refractivity contribution in [3.63, 3.8) is 0 Å². The van der Waals surface area contributed by atoms with Gasteiger partial charge in [-0.05, 0) is 13.0 Å². The van der Waals surface area contributed by atoms with E-state index in [-0.39, 0.29) is 0 Å². The third-order valence-corrected chi connectivity index (χ3v) is 3.10. The summed E-state index contributed by atoms with van der Waals surface area (Å²) in [6, 6.07) is 0.578. The van der Waals surface area contributed by atoms with Crippen LogP contribution in [0.1, 0.15) is 6.42 Å². The molecule has 0 amide bonds. The molecule has 0 spiro atoms. The minimum absolute atomic E-state index is 0.578. The fourth-order valence-corrected chi connectivity index (χ4v) is 2.45. The number of piperidine rings is 1. The molecule has 0 aromatic carbocycles. The first kappa shape index (κ1) is 6.67. The molecule has 4 aliphatic rings. The summed E-state index contributed by atoms with van der Waals surface area (Å²) < 4.78 is 0. The SMILES string of the molecule is C1=C[C@@H]2NCCC3=C[C@H]1C=C[C@H]32. The van der Waals surface area contributed by atoms with Crippen molar-refractivity contribution in [1.29, 1.82) is 0 Å². The molecule has 1 heteroatoms. The van der Waals surface area contributed by atoms with Crippen LogP contribution in [0.5, 0.6) is 0 Å². The zero-order chi connectivity index (χ0) is 7.97. The van der Waals surface area contributed by atoms with Crippen molar-refractivity contribution in [2.45, 2.75) is 12.5 Å². The Labute approximate surface area is 72.9 Å². The van der Waals surface area contributed by atoms with E-state index < -0.39 is 0 Å². The Hall–Kier alpha value is -0.820. The molecule has 1 saturated heterocycles. The normalized spacial score (nSPS) is 42.7. The maximum atomic E-state index is 3.54. The highest BCUT2D eigenvalue weighted by Gasteiger charge is 2.29. The van der Waals surface area contributed by atoms with Gasteiger partial charge in [0.15, 0.2) is 0 Å². The number of hydrogen-bond donors (Lipinski definition) is 1. The van der Waals surface area contributed by atoms with Gasteiger partial charge in [0.05, 0.1) is 0 Å². The van der Waals surface area contributed by atoms with Gasteiger partial charge in [0.2, 0.25) is 0 Å². The molecule has 4 bridgehead atoms. The molecular weight excluding hydrogens is 146 g/mol. The monoisotopic (exact) mass is 159 g/mol. The lowest BCUT2D eigenvalue weighted by molar-refractivity contribution is 0.456. The van der Waals surface area contributed by atoms with Crippen LogP contribution in [0, 0.1) is 11.8 Å². The highest BCUT2D eigenvalue weighted by Crippen LogP contribution is 2.33. The van der Waals surface area contributed by atoms with E-state index in [0.717, 1.165) is 6.54 Å². The van der Waals surface area contributed by atoms with Crippen molar-refractivity contribution < 1.29 is 0 Å². The molecule has 3 atom stereocenters. The molecule has 0 radical (unpaired) electrons. The molecular formula is C11H13N. The molecule has 12 heavy (non-hydrogen) atoms. The quantitative estimate of drug-likeness (QED) is 0.530. The van der Waals surface area contributed by atoms with Gasteiger partial charge in [-0.3, -0.25) is 0 Å². The lowest BCUT2D eigenvalue weighted by Gasteiger charge is -2.31. The highest BCUT2D eigenvalue weighted by atomic mass is 14.9. The van der Waals surface area contributed by atoms with E-state index in [0.29, 0.717) is 17.9 Å². The first-order chi connectivity index (χ1) is 5.93. The summed E-state index contributed by atoms with van der Waals surface area (Å²) in [5, 5.41) is 3.54. The maximum Gasteiger partial charge on any atom is 0.0351 e. The third kappa shape index (κ3) is 0.831. The van der Waals surface area contributed by atoms with Crippen LogP contribution in [-0.2, 0) is 0 Å². The Balaban J connectivity index is 2.09. The molecule has 0 aromatic rings. The average Bonchev–Trinajstić information content (AvgIpc) is 2.36. The van der Waals surface area contributed by atoms with E-state index in [1.54, 1.807) is 5.57 Å². The maximum absolute atomic E-state index is 3.54. The number of allylic oxidation sites excluding steroid dienone is 3. The van der Waals surface area contributed by atoms with Crippen molar-refractivity contribution in [3.8, 4) is 0 Å². The Bertz CT molecular complexity index is 285. The van der Waals surface area contributed by atoms with Crippen LogP contribution in [-0.4, -0.2) is 12.6 Å². The van der Waals surface area contributed by atoms with Crippen LogP contribution < -0.4 is 5.32 Å². The Morgan fingerprint density at radius 1 is 1.17 bits per heavy atom. The summed E-state index contributed by atoms with van der Waals surface area (Å²) in [7, 11) is 0. The van der Waals surface area contributed by atoms with Gasteiger partial charge in [-0.1, -0.05) is 36.0 Å². The van der Waals surface area contributed by atoms with Crippen LogP contribution in [0.4, 0.5) is 0 Å². The fraction of sp³-hybridized carbons (Fsp3) is 0.455. The van der Waals surface area contributed by atoms with Gasteiger partial charge in [-0.2, -0.15) is 0 Å². The summed E-state index contributed by atoms with van der Waals surface area (Å²) in [5.74, 6) is 1.25. The lowest BCUT2D eigenvalue weighted by atomic mass is 9.83. The predicted octanol–water partition coefficient (Wildman–Crippen LogP) is 1.65. The molecule has 1 heterocycles. The molecule has 62 valence electrons. The second-order valence-electron chi connectivity index (χ2n) is 3.84. The van der Waals surface area contributed by atoms with Gasteiger partial charge in [0, 0.05) is 17.9 Å². The van der Waals surface area contributed by atoms with Crippen molar-refractivity contribution in [3.05, 3.63) is 36.0 Å². The second-order valence-corrected chi connectivity index (χ2v) is 3.84. The topological polar surface area (TPSA) is 12.0 Å². The van der Waals surface area contributed by atoms with Gasteiger partial charge >= 0.3 is 0 Å². The molecule has 1 fully saturated rings. The smallest absolute Gasteiger partial charge is 0.0351 e. The molecule has 4 rings (SSSR count). The van der Waals surface area contributed by atoms with Gasteiger partial charge in [-0.15, -0.1) is 0 Å². The lowest BCUT2D eigenvalue weighted by Crippen LogP contribution is -2.40. The number of hydrogen-bond acceptors (Lipinski definition) is 1. The van der Waals surface area contributed by atoms with Gasteiger partial charge < -0.3 is 5.32 Å². The van der Waals surface area contributed by atoms with E-state index in [1.807, 2.05) is 0 Å². The largest absolute Gasteiger partial charge is 0.309 e. The van der Waals surface area contributed by atoms with Crippen molar-refractivity contribution in [2.24, 2.45) is 11.8 Å². The molecule has 1 aliphatic heterocycles. The minimum atomic E-state index is 0.578. The average molecular weight is 159 g/mol. The highest BCUT2D eigenvalue weighted by molar-refractivity contribution is 5.34. The zero-order valence-electron chi connectivity index (χ0n) is 7.03. The van der Waals surface area contributed by atoms with Gasteiger partial charge in [-0.25, -0.2) is 0 Å². The van der Waals surface area contributed by atoms with E-state index in [2.05, 4.69) is 35.7 Å². The Morgan fingerprint density at radius 3 is 3.08 bits per heavy atom. The van der Waals surface area contributed by atoms with E-state index in [1.165, 1.54) is 6.42 Å². The van der Waals surface area contributed by atoms with Gasteiger partial charge in [0.1, 0.15) is 0 Å². The second kappa shape index (κ2) is 2.33. The molecule has 3 aliphatic carbocycles. The summed E-state index contributed by atoms with van der Waals surface area (Å²) >= 11 is 0. The van der Waals surface area contributed by atoms with Crippen LogP contribution >= 0.6 is 0 Å². The third-order valence-electron chi connectivity index (χ3n) is 3.10. The first-order valence-corrected chi connectivity index (χ1v) is 4.74. The Kier molecular flexibility index (Phi) is 1.30. The van der Waals surface area contributed by atoms with E-state index in [9.17, 15) is 0 Å². The fourth-order valence-electron chi connectivity index (χ4n) is 2.45. The van der Waals surface area contributed by atoms with E-state index in [4.69, 9.17) is 0 Å². The number of rotatable bonds is 0. The van der Waals surface area contributed by atoms with Crippen LogP contribution in [0.25, 0.3) is 0 Å². The van der Waals surface area contributed by atoms with E-state index >= 15 is 0 Å². The molecule has 0 unspecified atom stereocenters. The standard InChI is InChI=1S/C11H13N/c1-3-10-9-5-6-12-11(10)4-2-8(1)7-9/h1-4,7-8,10-12H,5-6H2/t8-,10+,11-/m0/s1. The van der Waals surface area contributed by atoms with Crippen molar-refractivity contribution in [2.75, 3.05) is 6.54 Å². The minimum Gasteiger partial charge on any atom is -0.309 e. The summed E-state index contributed by atoms with van der Waals surface area (Å²) in [5.41, 5.74) is 1.65. The summed E-state index contributed by atoms with van der Waals surface area (Å²) in [6.45, 7) is 1.15. The van der Waals surface area contributed by atoms with Gasteiger partial charge in [0.25, 0.3) is 0 Å². The first-order valence-electron chi connectivity index (χ1n) is 4.74. The zero-order valence-corrected chi connectivity index (χ0v) is 7.03. The predicted molar refractivity (Wildman–Crippen MR) is 49.8 cm³/mol. The molecule has 1 nitrogen and oxygen atoms in total. The molecule has 0 aromatic heterocycles. The number of nitrogens with one attached hydrogen (secondary N) is 1. The van der Waals surface area contributed by atoms with Crippen LogP contribution in [0.15, 0.2) is 36.0 Å². The van der Waals surface area contributed by atoms with Crippen molar-refractivity contribution in [1.82, 2.24) is 5.32 Å². The summed E-state index contributed by atoms with van der Waals surface area (Å²) in [4.78, 5) is 0. The van der Waals surface area contributed by atoms with Crippen LogP contribution in [0.3, 0.4) is 0 Å². The Morgan fingerprint density at radius 2 is 2.08 bits per heavy atom. The van der Waals surface area contributed by atoms with Crippen molar-refractivity contribution >= 4 is 0 Å². The summed E-state index contributed by atoms with van der Waals surface area (Å²) in [6.07, 6.45) is 13.0.